The largest absolute Gasteiger partial charge is 0.372 e. The van der Waals surface area contributed by atoms with Crippen LogP contribution in [-0.4, -0.2) is 5.84 Å². The summed E-state index contributed by atoms with van der Waals surface area (Å²) < 4.78 is 5.51. The van der Waals surface area contributed by atoms with Crippen molar-refractivity contribution >= 4 is 28.2 Å². The predicted octanol–water partition coefficient (Wildman–Crippen LogP) is 3.17. The smallest absolute Gasteiger partial charge is 0.178 e. The maximum absolute atomic E-state index is 7.91. The fraction of sp³-hybridized carbons (Fsp3) is 0.154. The van der Waals surface area contributed by atoms with Crippen LogP contribution in [0.2, 0.25) is 5.02 Å². The van der Waals surface area contributed by atoms with Crippen LogP contribution in [0.15, 0.2) is 34.6 Å². The SMILES string of the molecule is N=C(N=NN)c1c(Cl)cc2c3c(cccc13)COC2. The second-order valence-electron chi connectivity index (χ2n) is 4.29. The first-order chi connectivity index (χ1) is 9.22. The minimum atomic E-state index is -0.0392. The number of hydrogen-bond donors (Lipinski definition) is 2. The molecule has 0 radical (unpaired) electrons. The van der Waals surface area contributed by atoms with E-state index in [9.17, 15) is 0 Å². The Hall–Kier alpha value is -1.98. The number of amidine groups is 1. The third kappa shape index (κ3) is 1.87. The zero-order valence-electron chi connectivity index (χ0n) is 9.98. The summed E-state index contributed by atoms with van der Waals surface area (Å²) in [5.41, 5.74) is 2.68. The zero-order chi connectivity index (χ0) is 13.4. The van der Waals surface area contributed by atoms with E-state index in [4.69, 9.17) is 27.6 Å². The normalized spacial score (nSPS) is 14.2. The van der Waals surface area contributed by atoms with E-state index in [0.29, 0.717) is 23.8 Å². The molecule has 19 heavy (non-hydrogen) atoms. The van der Waals surface area contributed by atoms with Gasteiger partial charge in [0.15, 0.2) is 5.84 Å². The van der Waals surface area contributed by atoms with E-state index in [1.54, 1.807) is 0 Å². The summed E-state index contributed by atoms with van der Waals surface area (Å²) in [4.78, 5) is 0. The second-order valence-corrected chi connectivity index (χ2v) is 4.70. The third-order valence-corrected chi connectivity index (χ3v) is 3.49. The molecule has 1 aliphatic rings. The Morgan fingerprint density at radius 2 is 2.11 bits per heavy atom. The van der Waals surface area contributed by atoms with Crippen LogP contribution in [0.25, 0.3) is 10.8 Å². The summed E-state index contributed by atoms with van der Waals surface area (Å²) in [7, 11) is 0. The van der Waals surface area contributed by atoms with E-state index < -0.39 is 0 Å². The molecule has 0 unspecified atom stereocenters. The number of benzene rings is 2. The highest BCUT2D eigenvalue weighted by molar-refractivity contribution is 6.36. The number of ether oxygens (including phenoxy) is 1. The van der Waals surface area contributed by atoms with Crippen molar-refractivity contribution in [3.8, 4) is 0 Å². The average molecular weight is 275 g/mol. The lowest BCUT2D eigenvalue weighted by atomic mass is 9.94. The Kier molecular flexibility index (Phi) is 2.93. The van der Waals surface area contributed by atoms with Gasteiger partial charge in [-0.2, -0.15) is 0 Å². The lowest BCUT2D eigenvalue weighted by molar-refractivity contribution is 0.103. The van der Waals surface area contributed by atoms with Gasteiger partial charge >= 0.3 is 0 Å². The molecule has 1 aliphatic heterocycles. The van der Waals surface area contributed by atoms with Crippen molar-refractivity contribution in [3.05, 3.63) is 46.0 Å². The van der Waals surface area contributed by atoms with Crippen LogP contribution in [0.1, 0.15) is 16.7 Å². The molecule has 0 saturated carbocycles. The molecule has 96 valence electrons. The summed E-state index contributed by atoms with van der Waals surface area (Å²) >= 11 is 6.26. The first-order valence-electron chi connectivity index (χ1n) is 5.73. The van der Waals surface area contributed by atoms with Crippen molar-refractivity contribution in [1.82, 2.24) is 0 Å². The summed E-state index contributed by atoms with van der Waals surface area (Å²) in [6.45, 7) is 1.09. The molecule has 0 aliphatic carbocycles. The van der Waals surface area contributed by atoms with E-state index >= 15 is 0 Å². The van der Waals surface area contributed by atoms with Crippen molar-refractivity contribution in [3.63, 3.8) is 0 Å². The molecule has 0 aromatic heterocycles. The van der Waals surface area contributed by atoms with Crippen molar-refractivity contribution in [2.75, 3.05) is 0 Å². The summed E-state index contributed by atoms with van der Waals surface area (Å²) in [5, 5.41) is 17.1. The van der Waals surface area contributed by atoms with Crippen LogP contribution in [0, 0.1) is 5.41 Å². The molecule has 0 amide bonds. The number of nitrogens with two attached hydrogens (primary N) is 1. The fourth-order valence-corrected chi connectivity index (χ4v) is 2.79. The summed E-state index contributed by atoms with van der Waals surface area (Å²) in [6.07, 6.45) is 0. The third-order valence-electron chi connectivity index (χ3n) is 3.19. The van der Waals surface area contributed by atoms with Crippen LogP contribution in [0.5, 0.6) is 0 Å². The van der Waals surface area contributed by atoms with Crippen molar-refractivity contribution < 1.29 is 4.74 Å². The van der Waals surface area contributed by atoms with Gasteiger partial charge in [0.2, 0.25) is 0 Å². The number of nitrogens with zero attached hydrogens (tertiary/aromatic N) is 2. The second kappa shape index (κ2) is 4.60. The number of rotatable bonds is 1. The van der Waals surface area contributed by atoms with Crippen molar-refractivity contribution in [2.45, 2.75) is 13.2 Å². The molecule has 6 heteroatoms. The van der Waals surface area contributed by atoms with Gasteiger partial charge in [-0.05, 0) is 28.0 Å². The van der Waals surface area contributed by atoms with Crippen molar-refractivity contribution in [1.29, 1.82) is 5.41 Å². The molecule has 0 atom stereocenters. The predicted molar refractivity (Wildman–Crippen MR) is 73.3 cm³/mol. The topological polar surface area (TPSA) is 83.8 Å². The molecule has 0 bridgehead atoms. The first-order valence-corrected chi connectivity index (χ1v) is 6.10. The first kappa shape index (κ1) is 12.1. The number of halogens is 1. The van der Waals surface area contributed by atoms with Gasteiger partial charge in [-0.25, -0.2) is 0 Å². The van der Waals surface area contributed by atoms with Gasteiger partial charge in [0.05, 0.1) is 18.2 Å². The van der Waals surface area contributed by atoms with E-state index in [1.807, 2.05) is 24.3 Å². The highest BCUT2D eigenvalue weighted by Gasteiger charge is 2.19. The van der Waals surface area contributed by atoms with E-state index in [-0.39, 0.29) is 5.84 Å². The zero-order valence-corrected chi connectivity index (χ0v) is 10.7. The van der Waals surface area contributed by atoms with Gasteiger partial charge in [0.25, 0.3) is 0 Å². The molecule has 0 saturated heterocycles. The van der Waals surface area contributed by atoms with E-state index in [2.05, 4.69) is 10.3 Å². The van der Waals surface area contributed by atoms with Gasteiger partial charge in [0, 0.05) is 5.56 Å². The maximum atomic E-state index is 7.91. The van der Waals surface area contributed by atoms with Gasteiger partial charge in [-0.3, -0.25) is 5.41 Å². The Balaban J connectivity index is 2.38. The summed E-state index contributed by atoms with van der Waals surface area (Å²) in [5.74, 6) is 4.97. The van der Waals surface area contributed by atoms with Crippen LogP contribution >= 0.6 is 11.6 Å². The molecule has 0 spiro atoms. The highest BCUT2D eigenvalue weighted by Crippen LogP contribution is 2.35. The van der Waals surface area contributed by atoms with Crippen LogP contribution in [0.3, 0.4) is 0 Å². The van der Waals surface area contributed by atoms with Gasteiger partial charge < -0.3 is 10.6 Å². The average Bonchev–Trinajstić information content (AvgIpc) is 2.39. The van der Waals surface area contributed by atoms with Crippen LogP contribution in [-0.2, 0) is 18.0 Å². The van der Waals surface area contributed by atoms with Crippen LogP contribution < -0.4 is 5.84 Å². The van der Waals surface area contributed by atoms with E-state index in [0.717, 1.165) is 21.9 Å². The molecular formula is C13H11ClN4O. The maximum Gasteiger partial charge on any atom is 0.178 e. The molecule has 1 heterocycles. The van der Waals surface area contributed by atoms with Gasteiger partial charge in [-0.1, -0.05) is 35.0 Å². The van der Waals surface area contributed by atoms with Crippen LogP contribution in [0.4, 0.5) is 0 Å². The minimum Gasteiger partial charge on any atom is -0.372 e. The quantitative estimate of drug-likeness (QED) is 0.275. The fourth-order valence-electron chi connectivity index (χ4n) is 2.47. The Labute approximate surface area is 114 Å². The molecule has 3 N–H and O–H groups in total. The Morgan fingerprint density at radius 3 is 2.89 bits per heavy atom. The van der Waals surface area contributed by atoms with Gasteiger partial charge in [-0.15, -0.1) is 5.11 Å². The molecule has 2 aromatic rings. The number of nitrogens with one attached hydrogen (secondary N) is 1. The standard InChI is InChI=1S/C13H11ClN4O/c14-10-4-8-6-19-5-7-2-1-3-9(11(7)8)12(10)13(15)17-18-16/h1-4H,5-6H2,(H3,15,16,17). The van der Waals surface area contributed by atoms with Crippen molar-refractivity contribution in [2.24, 2.45) is 16.2 Å². The Morgan fingerprint density at radius 1 is 1.32 bits per heavy atom. The van der Waals surface area contributed by atoms with E-state index in [1.165, 1.54) is 0 Å². The Bertz CT molecular complexity index is 711. The highest BCUT2D eigenvalue weighted by atomic mass is 35.5. The molecule has 2 aromatic carbocycles. The molecule has 0 fully saturated rings. The number of hydrogen-bond acceptors (Lipinski definition) is 3. The monoisotopic (exact) mass is 274 g/mol. The van der Waals surface area contributed by atoms with Gasteiger partial charge in [0.1, 0.15) is 0 Å². The lowest BCUT2D eigenvalue weighted by Crippen LogP contribution is -2.07. The molecule has 5 nitrogen and oxygen atoms in total. The molecule has 3 rings (SSSR count). The minimum absolute atomic E-state index is 0.0392. The lowest BCUT2D eigenvalue weighted by Gasteiger charge is -2.20. The summed E-state index contributed by atoms with van der Waals surface area (Å²) in [6, 6.07) is 7.68. The molecular weight excluding hydrogens is 264 g/mol.